The molecule has 2 nitrogen and oxygen atoms in total. The molecule has 0 fully saturated rings. The summed E-state index contributed by atoms with van der Waals surface area (Å²) in [4.78, 5) is 2.44. The van der Waals surface area contributed by atoms with Crippen LogP contribution in [0.15, 0.2) is 188 Å². The Kier molecular flexibility index (Phi) is 7.36. The second-order valence-electron chi connectivity index (χ2n) is 17.7. The van der Waals surface area contributed by atoms with Crippen molar-refractivity contribution in [3.63, 3.8) is 0 Å². The van der Waals surface area contributed by atoms with Gasteiger partial charge in [-0.1, -0.05) is 161 Å². The molecule has 9 aromatic carbocycles. The third kappa shape index (κ3) is 5.01. The maximum absolute atomic E-state index is 7.22. The molecule has 0 saturated carbocycles. The van der Waals surface area contributed by atoms with E-state index in [0.29, 0.717) is 0 Å². The van der Waals surface area contributed by atoms with Gasteiger partial charge >= 0.3 is 0 Å². The summed E-state index contributed by atoms with van der Waals surface area (Å²) in [6.45, 7) is 9.44. The zero-order valence-corrected chi connectivity index (χ0v) is 34.3. The average Bonchev–Trinajstić information content (AvgIpc) is 3.58. The molecule has 0 unspecified atom stereocenters. The molecule has 0 amide bonds. The number of rotatable bonds is 4. The van der Waals surface area contributed by atoms with Gasteiger partial charge in [-0.25, -0.2) is 0 Å². The zero-order chi connectivity index (χ0) is 40.3. The van der Waals surface area contributed by atoms with Crippen LogP contribution in [0.1, 0.15) is 49.9 Å². The lowest BCUT2D eigenvalue weighted by Gasteiger charge is -2.30. The van der Waals surface area contributed by atoms with E-state index in [0.717, 1.165) is 45.1 Å². The second kappa shape index (κ2) is 12.7. The lowest BCUT2D eigenvalue weighted by molar-refractivity contribution is 0.488. The van der Waals surface area contributed by atoms with Gasteiger partial charge in [0.05, 0.1) is 0 Å². The van der Waals surface area contributed by atoms with E-state index < -0.39 is 0 Å². The van der Waals surface area contributed by atoms with Crippen molar-refractivity contribution < 1.29 is 4.74 Å². The van der Waals surface area contributed by atoms with Gasteiger partial charge in [0.2, 0.25) is 0 Å². The minimum Gasteiger partial charge on any atom is -0.456 e. The van der Waals surface area contributed by atoms with Crippen molar-refractivity contribution in [2.24, 2.45) is 0 Å². The first-order chi connectivity index (χ1) is 29.3. The number of anilines is 3. The number of ether oxygens (including phenoxy) is 1. The van der Waals surface area contributed by atoms with E-state index in [1.54, 1.807) is 0 Å². The molecule has 9 aromatic rings. The van der Waals surface area contributed by atoms with Crippen LogP contribution in [-0.4, -0.2) is 0 Å². The number of benzene rings is 9. The van der Waals surface area contributed by atoms with Crippen molar-refractivity contribution in [1.82, 2.24) is 0 Å². The normalized spacial score (nSPS) is 14.4. The Bertz CT molecular complexity index is 3140. The number of nitrogens with zero attached hydrogens (tertiary/aromatic N) is 1. The first-order valence-electron chi connectivity index (χ1n) is 21.1. The minimum absolute atomic E-state index is 0.143. The number of hydrogen-bond donors (Lipinski definition) is 0. The maximum Gasteiger partial charge on any atom is 0.137 e. The molecule has 60 heavy (non-hydrogen) atoms. The van der Waals surface area contributed by atoms with Gasteiger partial charge in [-0.05, 0) is 121 Å². The van der Waals surface area contributed by atoms with Gasteiger partial charge in [-0.2, -0.15) is 0 Å². The molecule has 0 radical (unpaired) electrons. The lowest BCUT2D eigenvalue weighted by Crippen LogP contribution is -2.18. The minimum atomic E-state index is -0.143. The fraction of sp³-hybridized carbons (Fsp3) is 0.103. The van der Waals surface area contributed by atoms with Gasteiger partial charge in [0.15, 0.2) is 0 Å². The molecular weight excluding hydrogens is 727 g/mol. The molecule has 3 aliphatic rings. The van der Waals surface area contributed by atoms with Gasteiger partial charge in [0.1, 0.15) is 11.5 Å². The van der Waals surface area contributed by atoms with E-state index in [2.05, 4.69) is 221 Å². The van der Waals surface area contributed by atoms with E-state index >= 15 is 0 Å². The largest absolute Gasteiger partial charge is 0.456 e. The van der Waals surface area contributed by atoms with Crippen LogP contribution < -0.4 is 9.64 Å². The van der Waals surface area contributed by atoms with Crippen molar-refractivity contribution in [3.8, 4) is 67.1 Å². The molecule has 0 spiro atoms. The smallest absolute Gasteiger partial charge is 0.137 e. The Balaban J connectivity index is 1.10. The summed E-state index contributed by atoms with van der Waals surface area (Å²) in [5.74, 6) is 1.69. The summed E-state index contributed by atoms with van der Waals surface area (Å²) in [5, 5.41) is 2.35. The topological polar surface area (TPSA) is 12.5 Å². The average molecular weight is 770 g/mol. The predicted molar refractivity (Wildman–Crippen MR) is 250 cm³/mol. The standard InChI is InChI=1S/C58H43NO/c1-57(2)50-23-12-10-19-43(50)45-28-25-39(33-52(45)57)59(40-26-29-46-44-20-11-13-24-51(44)58(3,4)53(46)34-40)41-27-30-48-55(35-41)60-54-32-38-18-9-8-17-37(38)31-49(54)47-22-14-21-42(56(47)48)36-15-6-5-7-16-36/h5-35H,1-4H3. The van der Waals surface area contributed by atoms with Crippen molar-refractivity contribution in [2.75, 3.05) is 4.90 Å². The summed E-state index contributed by atoms with van der Waals surface area (Å²) in [5.41, 5.74) is 20.6. The van der Waals surface area contributed by atoms with Crippen LogP contribution in [0.25, 0.3) is 66.4 Å². The highest BCUT2D eigenvalue weighted by Crippen LogP contribution is 2.56. The van der Waals surface area contributed by atoms with Crippen LogP contribution in [0.4, 0.5) is 17.1 Å². The second-order valence-corrected chi connectivity index (χ2v) is 17.7. The molecule has 0 atom stereocenters. The van der Waals surface area contributed by atoms with Gasteiger partial charge in [0, 0.05) is 50.6 Å². The van der Waals surface area contributed by atoms with Crippen molar-refractivity contribution >= 4 is 27.8 Å². The fourth-order valence-electron chi connectivity index (χ4n) is 10.6. The van der Waals surface area contributed by atoms with Crippen LogP contribution in [-0.2, 0) is 10.8 Å². The van der Waals surface area contributed by atoms with Crippen molar-refractivity contribution in [2.45, 2.75) is 38.5 Å². The maximum atomic E-state index is 7.22. The monoisotopic (exact) mass is 769 g/mol. The highest BCUT2D eigenvalue weighted by molar-refractivity contribution is 6.02. The molecule has 0 saturated heterocycles. The lowest BCUT2D eigenvalue weighted by atomic mass is 9.82. The summed E-state index contributed by atoms with van der Waals surface area (Å²) < 4.78 is 7.22. The Morgan fingerprint density at radius 1 is 0.333 bits per heavy atom. The summed E-state index contributed by atoms with van der Waals surface area (Å²) >= 11 is 0. The molecular formula is C58H43NO. The van der Waals surface area contributed by atoms with Crippen LogP contribution >= 0.6 is 0 Å². The third-order valence-electron chi connectivity index (χ3n) is 13.7. The van der Waals surface area contributed by atoms with E-state index in [-0.39, 0.29) is 10.8 Å². The van der Waals surface area contributed by atoms with E-state index in [9.17, 15) is 0 Å². The summed E-state index contributed by atoms with van der Waals surface area (Å²) in [7, 11) is 0. The first-order valence-corrected chi connectivity index (χ1v) is 21.1. The van der Waals surface area contributed by atoms with E-state index in [4.69, 9.17) is 4.74 Å². The number of fused-ring (bicyclic) bond motifs is 12. The van der Waals surface area contributed by atoms with Crippen LogP contribution in [0.3, 0.4) is 0 Å². The SMILES string of the molecule is CC1(C)c2ccccc2-c2ccc(N(c3ccc4c(c3)Oc3cc5ccccc5cc3-c3cccc(-c5ccccc5)c3-4)c3ccc4c(c3)C(C)(C)c3ccccc3-4)cc21. The van der Waals surface area contributed by atoms with Gasteiger partial charge < -0.3 is 9.64 Å². The first kappa shape index (κ1) is 34.8. The molecule has 286 valence electrons. The van der Waals surface area contributed by atoms with Gasteiger partial charge in [0.25, 0.3) is 0 Å². The Hall–Kier alpha value is -7.16. The van der Waals surface area contributed by atoms with E-state index in [1.165, 1.54) is 72.1 Å². The molecule has 1 aliphatic heterocycles. The van der Waals surface area contributed by atoms with Crippen molar-refractivity contribution in [1.29, 1.82) is 0 Å². The predicted octanol–water partition coefficient (Wildman–Crippen LogP) is 16.0. The van der Waals surface area contributed by atoms with Gasteiger partial charge in [-0.3, -0.25) is 0 Å². The fourth-order valence-corrected chi connectivity index (χ4v) is 10.6. The molecule has 0 N–H and O–H groups in total. The molecule has 2 heteroatoms. The van der Waals surface area contributed by atoms with Gasteiger partial charge in [-0.15, -0.1) is 0 Å². The molecule has 1 heterocycles. The Labute approximate surface area is 352 Å². The van der Waals surface area contributed by atoms with E-state index in [1.807, 2.05) is 0 Å². The highest BCUT2D eigenvalue weighted by Gasteiger charge is 2.38. The molecule has 0 bridgehead atoms. The Morgan fingerprint density at radius 2 is 0.800 bits per heavy atom. The Morgan fingerprint density at radius 3 is 1.43 bits per heavy atom. The van der Waals surface area contributed by atoms with Crippen LogP contribution in [0.2, 0.25) is 0 Å². The summed E-state index contributed by atoms with van der Waals surface area (Å²) in [6.07, 6.45) is 0. The third-order valence-corrected chi connectivity index (χ3v) is 13.7. The van der Waals surface area contributed by atoms with Crippen LogP contribution in [0.5, 0.6) is 11.5 Å². The highest BCUT2D eigenvalue weighted by atomic mass is 16.5. The summed E-state index contributed by atoms with van der Waals surface area (Å²) in [6, 6.07) is 69.3. The quantitative estimate of drug-likeness (QED) is 0.177. The van der Waals surface area contributed by atoms with Crippen LogP contribution in [0, 0.1) is 0 Å². The zero-order valence-electron chi connectivity index (χ0n) is 34.3. The molecule has 12 rings (SSSR count). The number of hydrogen-bond acceptors (Lipinski definition) is 2. The molecule has 2 aliphatic carbocycles. The molecule has 0 aromatic heterocycles. The van der Waals surface area contributed by atoms with Crippen molar-refractivity contribution in [3.05, 3.63) is 210 Å².